The number of benzene rings is 1. The Morgan fingerprint density at radius 1 is 1.53 bits per heavy atom. The fraction of sp³-hybridized carbons (Fsp3) is 0.385. The van der Waals surface area contributed by atoms with Gasteiger partial charge in [0, 0.05) is 23.3 Å². The molecule has 1 amide bonds. The van der Waals surface area contributed by atoms with E-state index < -0.39 is 0 Å². The zero-order chi connectivity index (χ0) is 13.7. The van der Waals surface area contributed by atoms with Crippen molar-refractivity contribution in [3.8, 4) is 11.8 Å². The number of nitrogens with one attached hydrogen (secondary N) is 1. The van der Waals surface area contributed by atoms with E-state index in [4.69, 9.17) is 10.00 Å². The maximum atomic E-state index is 12.1. The standard InChI is InChI=1S/C13H14N2O2S2/c1-17-11-6-9(7-14)2-3-10(11)15-13(16)12-8-18-4-5-19-12/h2-3,6,12H,4-5,8H2,1H3,(H,15,16). The number of thioether (sulfide) groups is 2. The topological polar surface area (TPSA) is 62.1 Å². The summed E-state index contributed by atoms with van der Waals surface area (Å²) in [5.41, 5.74) is 1.13. The van der Waals surface area contributed by atoms with E-state index in [2.05, 4.69) is 5.32 Å². The predicted molar refractivity (Wildman–Crippen MR) is 79.9 cm³/mol. The lowest BCUT2D eigenvalue weighted by atomic mass is 10.2. The molecule has 1 aliphatic heterocycles. The monoisotopic (exact) mass is 294 g/mol. The fourth-order valence-corrected chi connectivity index (χ4v) is 4.27. The number of hydrogen-bond acceptors (Lipinski definition) is 5. The molecule has 100 valence electrons. The molecule has 0 radical (unpaired) electrons. The average molecular weight is 294 g/mol. The number of anilines is 1. The van der Waals surface area contributed by atoms with Crippen molar-refractivity contribution in [2.45, 2.75) is 5.25 Å². The molecule has 0 saturated carbocycles. The Hall–Kier alpha value is -1.32. The zero-order valence-corrected chi connectivity index (χ0v) is 12.1. The predicted octanol–water partition coefficient (Wildman–Crippen LogP) is 2.35. The van der Waals surface area contributed by atoms with Crippen LogP contribution in [0.1, 0.15) is 5.56 Å². The normalized spacial score (nSPS) is 18.4. The van der Waals surface area contributed by atoms with Crippen LogP contribution >= 0.6 is 23.5 Å². The van der Waals surface area contributed by atoms with E-state index in [-0.39, 0.29) is 11.2 Å². The Labute approximate surface area is 120 Å². The Balaban J connectivity index is 2.09. The summed E-state index contributed by atoms with van der Waals surface area (Å²) in [7, 11) is 1.53. The van der Waals surface area contributed by atoms with Crippen molar-refractivity contribution in [3.63, 3.8) is 0 Å². The number of ether oxygens (including phenoxy) is 1. The van der Waals surface area contributed by atoms with Crippen LogP contribution in [0.15, 0.2) is 18.2 Å². The van der Waals surface area contributed by atoms with Crippen LogP contribution in [0.3, 0.4) is 0 Å². The number of methoxy groups -OCH3 is 1. The first-order valence-electron chi connectivity index (χ1n) is 5.83. The highest BCUT2D eigenvalue weighted by Crippen LogP contribution is 2.28. The largest absolute Gasteiger partial charge is 0.495 e. The van der Waals surface area contributed by atoms with Gasteiger partial charge in [-0.25, -0.2) is 0 Å². The number of carbonyl (C=O) groups is 1. The van der Waals surface area contributed by atoms with Gasteiger partial charge in [0.05, 0.1) is 29.7 Å². The Kier molecular flexibility index (Phi) is 5.00. The second-order valence-electron chi connectivity index (χ2n) is 3.95. The molecule has 0 bridgehead atoms. The van der Waals surface area contributed by atoms with Crippen LogP contribution in [-0.4, -0.2) is 35.5 Å². The van der Waals surface area contributed by atoms with Crippen LogP contribution in [0, 0.1) is 11.3 Å². The van der Waals surface area contributed by atoms with Gasteiger partial charge < -0.3 is 10.1 Å². The third kappa shape index (κ3) is 3.58. The van der Waals surface area contributed by atoms with Crippen molar-refractivity contribution >= 4 is 35.1 Å². The third-order valence-corrected chi connectivity index (χ3v) is 5.45. The molecule has 1 N–H and O–H groups in total. The van der Waals surface area contributed by atoms with E-state index in [1.165, 1.54) is 7.11 Å². The molecule has 2 rings (SSSR count). The summed E-state index contributed by atoms with van der Waals surface area (Å²) >= 11 is 3.49. The minimum absolute atomic E-state index is 0.000192. The molecule has 1 aromatic carbocycles. The van der Waals surface area contributed by atoms with Crippen molar-refractivity contribution in [1.29, 1.82) is 5.26 Å². The molecule has 1 aliphatic rings. The molecule has 19 heavy (non-hydrogen) atoms. The van der Waals surface area contributed by atoms with Crippen LogP contribution in [0.2, 0.25) is 0 Å². The molecular weight excluding hydrogens is 280 g/mol. The quantitative estimate of drug-likeness (QED) is 0.927. The van der Waals surface area contributed by atoms with Gasteiger partial charge in [0.1, 0.15) is 5.75 Å². The molecule has 1 saturated heterocycles. The Bertz CT molecular complexity index is 508. The average Bonchev–Trinajstić information content (AvgIpc) is 2.48. The van der Waals surface area contributed by atoms with E-state index in [0.717, 1.165) is 17.3 Å². The molecule has 6 heteroatoms. The van der Waals surface area contributed by atoms with Gasteiger partial charge in [0.2, 0.25) is 5.91 Å². The molecule has 1 fully saturated rings. The number of rotatable bonds is 3. The molecule has 1 aromatic rings. The first-order chi connectivity index (χ1) is 9.24. The van der Waals surface area contributed by atoms with Crippen LogP contribution in [0.5, 0.6) is 5.75 Å². The first-order valence-corrected chi connectivity index (χ1v) is 8.03. The van der Waals surface area contributed by atoms with Crippen molar-refractivity contribution in [2.75, 3.05) is 29.7 Å². The summed E-state index contributed by atoms with van der Waals surface area (Å²) in [6, 6.07) is 7.04. The summed E-state index contributed by atoms with van der Waals surface area (Å²) in [4.78, 5) is 12.1. The maximum absolute atomic E-state index is 12.1. The van der Waals surface area contributed by atoms with E-state index in [1.54, 1.807) is 41.7 Å². The van der Waals surface area contributed by atoms with Gasteiger partial charge in [-0.2, -0.15) is 17.0 Å². The second kappa shape index (κ2) is 6.73. The lowest BCUT2D eigenvalue weighted by molar-refractivity contribution is -0.115. The highest BCUT2D eigenvalue weighted by atomic mass is 32.2. The van der Waals surface area contributed by atoms with Crippen molar-refractivity contribution < 1.29 is 9.53 Å². The number of hydrogen-bond donors (Lipinski definition) is 1. The highest BCUT2D eigenvalue weighted by Gasteiger charge is 2.23. The number of nitrogens with zero attached hydrogens (tertiary/aromatic N) is 1. The summed E-state index contributed by atoms with van der Waals surface area (Å²) in [6.45, 7) is 0. The molecule has 0 aromatic heterocycles. The maximum Gasteiger partial charge on any atom is 0.238 e. The van der Waals surface area contributed by atoms with Gasteiger partial charge >= 0.3 is 0 Å². The molecule has 1 atom stereocenters. The van der Waals surface area contributed by atoms with Crippen molar-refractivity contribution in [1.82, 2.24) is 0 Å². The van der Waals surface area contributed by atoms with E-state index in [0.29, 0.717) is 17.0 Å². The van der Waals surface area contributed by atoms with E-state index in [9.17, 15) is 4.79 Å². The minimum atomic E-state index is -0.0147. The molecule has 1 unspecified atom stereocenters. The Morgan fingerprint density at radius 2 is 2.37 bits per heavy atom. The van der Waals surface area contributed by atoms with Gasteiger partial charge in [0.25, 0.3) is 0 Å². The number of nitriles is 1. The van der Waals surface area contributed by atoms with Crippen LogP contribution in [0.25, 0.3) is 0 Å². The molecule has 0 spiro atoms. The smallest absolute Gasteiger partial charge is 0.238 e. The van der Waals surface area contributed by atoms with Crippen LogP contribution in [-0.2, 0) is 4.79 Å². The van der Waals surface area contributed by atoms with Crippen molar-refractivity contribution in [2.24, 2.45) is 0 Å². The SMILES string of the molecule is COc1cc(C#N)ccc1NC(=O)C1CSCCS1. The van der Waals surface area contributed by atoms with E-state index in [1.807, 2.05) is 6.07 Å². The highest BCUT2D eigenvalue weighted by molar-refractivity contribution is 8.07. The molecule has 0 aliphatic carbocycles. The summed E-state index contributed by atoms with van der Waals surface area (Å²) < 4.78 is 5.20. The fourth-order valence-electron chi connectivity index (χ4n) is 1.72. The minimum Gasteiger partial charge on any atom is -0.495 e. The van der Waals surface area contributed by atoms with Gasteiger partial charge in [-0.05, 0) is 12.1 Å². The van der Waals surface area contributed by atoms with Gasteiger partial charge in [0.15, 0.2) is 0 Å². The second-order valence-corrected chi connectivity index (χ2v) is 6.41. The molecule has 1 heterocycles. The van der Waals surface area contributed by atoms with Crippen LogP contribution < -0.4 is 10.1 Å². The number of amides is 1. The van der Waals surface area contributed by atoms with Gasteiger partial charge in [-0.3, -0.25) is 4.79 Å². The molecular formula is C13H14N2O2S2. The lowest BCUT2D eigenvalue weighted by Crippen LogP contribution is -2.30. The zero-order valence-electron chi connectivity index (χ0n) is 10.5. The summed E-state index contributed by atoms with van der Waals surface area (Å²) in [5, 5.41) is 11.7. The van der Waals surface area contributed by atoms with Crippen LogP contribution in [0.4, 0.5) is 5.69 Å². The third-order valence-electron chi connectivity index (χ3n) is 2.70. The van der Waals surface area contributed by atoms with Crippen molar-refractivity contribution in [3.05, 3.63) is 23.8 Å². The lowest BCUT2D eigenvalue weighted by Gasteiger charge is -2.20. The summed E-state index contributed by atoms with van der Waals surface area (Å²) in [5.74, 6) is 3.47. The van der Waals surface area contributed by atoms with E-state index >= 15 is 0 Å². The van der Waals surface area contributed by atoms with Gasteiger partial charge in [-0.15, -0.1) is 11.8 Å². The first kappa shape index (κ1) is 14.1. The molecule has 4 nitrogen and oxygen atoms in total. The summed E-state index contributed by atoms with van der Waals surface area (Å²) in [6.07, 6.45) is 0. The number of carbonyl (C=O) groups excluding carboxylic acids is 1. The van der Waals surface area contributed by atoms with Gasteiger partial charge in [-0.1, -0.05) is 0 Å². The Morgan fingerprint density at radius 3 is 3.00 bits per heavy atom.